The average Bonchev–Trinajstić information content (AvgIpc) is 2.65. The standard InChI is InChI=1S/C12H18FN5/c1-5-7(12(2,3)4)16-9-8-10(15-6-14-9)18-11(13)17-8/h6-7H,5H2,1-4H3,(H2,14,15,16,17,18). The van der Waals surface area contributed by atoms with E-state index in [4.69, 9.17) is 0 Å². The van der Waals surface area contributed by atoms with E-state index in [0.29, 0.717) is 17.0 Å². The van der Waals surface area contributed by atoms with Crippen molar-refractivity contribution in [2.45, 2.75) is 40.2 Å². The molecule has 0 saturated carbocycles. The van der Waals surface area contributed by atoms with Crippen molar-refractivity contribution in [3.63, 3.8) is 0 Å². The summed E-state index contributed by atoms with van der Waals surface area (Å²) in [5.41, 5.74) is 0.937. The first-order chi connectivity index (χ1) is 8.41. The highest BCUT2D eigenvalue weighted by Crippen LogP contribution is 2.26. The number of fused-ring (bicyclic) bond motifs is 1. The molecule has 0 fully saturated rings. The van der Waals surface area contributed by atoms with Crippen LogP contribution in [0.15, 0.2) is 6.33 Å². The number of H-pyrrole nitrogens is 1. The smallest absolute Gasteiger partial charge is 0.288 e. The Bertz CT molecular complexity index is 543. The topological polar surface area (TPSA) is 66.5 Å². The van der Waals surface area contributed by atoms with Crippen molar-refractivity contribution in [1.82, 2.24) is 19.9 Å². The van der Waals surface area contributed by atoms with Gasteiger partial charge in [-0.25, -0.2) is 9.97 Å². The first kappa shape index (κ1) is 12.7. The predicted molar refractivity (Wildman–Crippen MR) is 68.8 cm³/mol. The second kappa shape index (κ2) is 4.51. The molecule has 2 aromatic rings. The Labute approximate surface area is 105 Å². The maximum atomic E-state index is 13.1. The van der Waals surface area contributed by atoms with Gasteiger partial charge in [0.2, 0.25) is 0 Å². The van der Waals surface area contributed by atoms with Crippen molar-refractivity contribution < 1.29 is 4.39 Å². The molecule has 0 bridgehead atoms. The van der Waals surface area contributed by atoms with Crippen LogP contribution < -0.4 is 5.32 Å². The van der Waals surface area contributed by atoms with Crippen LogP contribution in [0.25, 0.3) is 11.2 Å². The minimum Gasteiger partial charge on any atom is -0.365 e. The van der Waals surface area contributed by atoms with Crippen molar-refractivity contribution in [2.24, 2.45) is 5.41 Å². The molecule has 1 atom stereocenters. The molecule has 18 heavy (non-hydrogen) atoms. The van der Waals surface area contributed by atoms with E-state index in [1.807, 2.05) is 0 Å². The molecule has 6 heteroatoms. The number of aromatic nitrogens is 4. The fourth-order valence-electron chi connectivity index (χ4n) is 2.00. The Morgan fingerprint density at radius 2 is 2.11 bits per heavy atom. The van der Waals surface area contributed by atoms with Gasteiger partial charge in [-0.15, -0.1) is 0 Å². The summed E-state index contributed by atoms with van der Waals surface area (Å²) in [5, 5.41) is 3.32. The molecule has 1 unspecified atom stereocenters. The summed E-state index contributed by atoms with van der Waals surface area (Å²) in [7, 11) is 0. The second-order valence-corrected chi connectivity index (χ2v) is 5.42. The molecule has 0 saturated heterocycles. The van der Waals surface area contributed by atoms with Crippen LogP contribution in [0, 0.1) is 11.5 Å². The molecule has 2 rings (SSSR count). The number of nitrogens with one attached hydrogen (secondary N) is 2. The summed E-state index contributed by atoms with van der Waals surface area (Å²) in [4.78, 5) is 14.3. The van der Waals surface area contributed by atoms with Crippen molar-refractivity contribution >= 4 is 17.0 Å². The number of hydrogen-bond donors (Lipinski definition) is 2. The van der Waals surface area contributed by atoms with Gasteiger partial charge in [0.15, 0.2) is 17.0 Å². The third-order valence-corrected chi connectivity index (χ3v) is 3.02. The molecule has 0 radical (unpaired) electrons. The molecular formula is C12H18FN5. The lowest BCUT2D eigenvalue weighted by molar-refractivity contribution is 0.333. The molecule has 2 heterocycles. The van der Waals surface area contributed by atoms with Gasteiger partial charge in [-0.2, -0.15) is 9.37 Å². The minimum absolute atomic E-state index is 0.0842. The van der Waals surface area contributed by atoms with Gasteiger partial charge in [0.25, 0.3) is 6.08 Å². The number of nitrogens with zero attached hydrogens (tertiary/aromatic N) is 3. The zero-order valence-electron chi connectivity index (χ0n) is 11.1. The van der Waals surface area contributed by atoms with Crippen molar-refractivity contribution in [3.8, 4) is 0 Å². The van der Waals surface area contributed by atoms with E-state index in [0.717, 1.165) is 6.42 Å². The van der Waals surface area contributed by atoms with Gasteiger partial charge in [-0.1, -0.05) is 27.7 Å². The lowest BCUT2D eigenvalue weighted by atomic mass is 9.85. The van der Waals surface area contributed by atoms with Gasteiger partial charge in [-0.05, 0) is 11.8 Å². The maximum Gasteiger partial charge on any atom is 0.288 e. The van der Waals surface area contributed by atoms with E-state index in [1.54, 1.807) is 0 Å². The molecule has 2 N–H and O–H groups in total. The normalized spacial score (nSPS) is 13.8. The summed E-state index contributed by atoms with van der Waals surface area (Å²) >= 11 is 0. The molecule has 0 amide bonds. The Morgan fingerprint density at radius 1 is 1.39 bits per heavy atom. The van der Waals surface area contributed by atoms with Crippen LogP contribution in [-0.4, -0.2) is 26.0 Å². The molecule has 2 aromatic heterocycles. The number of halogens is 1. The first-order valence-corrected chi connectivity index (χ1v) is 6.04. The Kier molecular flexibility index (Phi) is 3.19. The molecule has 0 aromatic carbocycles. The average molecular weight is 251 g/mol. The van der Waals surface area contributed by atoms with Crippen LogP contribution in [-0.2, 0) is 0 Å². The van der Waals surface area contributed by atoms with E-state index in [1.165, 1.54) is 6.33 Å². The zero-order chi connectivity index (χ0) is 13.3. The van der Waals surface area contributed by atoms with Crippen LogP contribution in [0.5, 0.6) is 0 Å². The fraction of sp³-hybridized carbons (Fsp3) is 0.583. The number of imidazole rings is 1. The summed E-state index contributed by atoms with van der Waals surface area (Å²) in [6.45, 7) is 8.56. The van der Waals surface area contributed by atoms with E-state index in [2.05, 4.69) is 52.9 Å². The molecular weight excluding hydrogens is 233 g/mol. The fourth-order valence-corrected chi connectivity index (χ4v) is 2.00. The van der Waals surface area contributed by atoms with Crippen LogP contribution >= 0.6 is 0 Å². The lowest BCUT2D eigenvalue weighted by Gasteiger charge is -2.31. The highest BCUT2D eigenvalue weighted by molar-refractivity contribution is 5.82. The van der Waals surface area contributed by atoms with Gasteiger partial charge < -0.3 is 5.32 Å². The SMILES string of the molecule is CCC(Nc1ncnc2[nH]c(F)nc12)C(C)(C)C. The molecule has 0 spiro atoms. The van der Waals surface area contributed by atoms with Crippen LogP contribution in [0.2, 0.25) is 0 Å². The largest absolute Gasteiger partial charge is 0.365 e. The third kappa shape index (κ3) is 2.42. The Balaban J connectivity index is 2.36. The Morgan fingerprint density at radius 3 is 2.72 bits per heavy atom. The summed E-state index contributed by atoms with van der Waals surface area (Å²) in [6.07, 6.45) is 1.71. The highest BCUT2D eigenvalue weighted by atomic mass is 19.1. The molecule has 5 nitrogen and oxygen atoms in total. The predicted octanol–water partition coefficient (Wildman–Crippen LogP) is 2.73. The molecule has 0 aliphatic carbocycles. The van der Waals surface area contributed by atoms with E-state index < -0.39 is 6.08 Å². The van der Waals surface area contributed by atoms with Crippen LogP contribution in [0.4, 0.5) is 10.2 Å². The third-order valence-electron chi connectivity index (χ3n) is 3.02. The zero-order valence-corrected chi connectivity index (χ0v) is 11.1. The van der Waals surface area contributed by atoms with Crippen molar-refractivity contribution in [1.29, 1.82) is 0 Å². The van der Waals surface area contributed by atoms with Gasteiger partial charge >= 0.3 is 0 Å². The number of rotatable bonds is 3. The molecule has 0 aliphatic heterocycles. The van der Waals surface area contributed by atoms with Crippen molar-refractivity contribution in [3.05, 3.63) is 12.4 Å². The minimum atomic E-state index is -0.641. The number of hydrogen-bond acceptors (Lipinski definition) is 4. The van der Waals surface area contributed by atoms with Gasteiger partial charge in [0.05, 0.1) is 0 Å². The van der Waals surface area contributed by atoms with E-state index in [9.17, 15) is 4.39 Å². The van der Waals surface area contributed by atoms with Gasteiger partial charge in [0.1, 0.15) is 6.33 Å². The number of aromatic amines is 1. The first-order valence-electron chi connectivity index (χ1n) is 6.04. The van der Waals surface area contributed by atoms with Crippen LogP contribution in [0.3, 0.4) is 0 Å². The summed E-state index contributed by atoms with van der Waals surface area (Å²) < 4.78 is 13.1. The highest BCUT2D eigenvalue weighted by Gasteiger charge is 2.24. The Hall–Kier alpha value is -1.72. The summed E-state index contributed by atoms with van der Waals surface area (Å²) in [5.74, 6) is 0.571. The van der Waals surface area contributed by atoms with E-state index >= 15 is 0 Å². The second-order valence-electron chi connectivity index (χ2n) is 5.42. The number of anilines is 1. The quantitative estimate of drug-likeness (QED) is 0.823. The van der Waals surface area contributed by atoms with Crippen molar-refractivity contribution in [2.75, 3.05) is 5.32 Å². The lowest BCUT2D eigenvalue weighted by Crippen LogP contribution is -2.33. The monoisotopic (exact) mass is 251 g/mol. The van der Waals surface area contributed by atoms with Gasteiger partial charge in [-0.3, -0.25) is 4.98 Å². The van der Waals surface area contributed by atoms with Gasteiger partial charge in [0, 0.05) is 6.04 Å². The van der Waals surface area contributed by atoms with Crippen LogP contribution in [0.1, 0.15) is 34.1 Å². The maximum absolute atomic E-state index is 13.1. The molecule has 98 valence electrons. The van der Waals surface area contributed by atoms with E-state index in [-0.39, 0.29) is 11.5 Å². The molecule has 0 aliphatic rings. The summed E-state index contributed by atoms with van der Waals surface area (Å²) in [6, 6.07) is 0.232.